The smallest absolute Gasteiger partial charge is 0.264 e. The number of aliphatic hydroxyl groups excluding tert-OH is 1. The summed E-state index contributed by atoms with van der Waals surface area (Å²) >= 11 is 6.57. The molecular weight excluding hydrogens is 658 g/mol. The van der Waals surface area contributed by atoms with Crippen molar-refractivity contribution < 1.29 is 29.0 Å². The lowest BCUT2D eigenvalue weighted by Crippen LogP contribution is -2.48. The highest BCUT2D eigenvalue weighted by Crippen LogP contribution is 2.60. The van der Waals surface area contributed by atoms with E-state index in [1.807, 2.05) is 79.5 Å². The van der Waals surface area contributed by atoms with Crippen molar-refractivity contribution in [3.63, 3.8) is 0 Å². The van der Waals surface area contributed by atoms with Crippen molar-refractivity contribution in [1.82, 2.24) is 4.90 Å². The zero-order chi connectivity index (χ0) is 34.7. The van der Waals surface area contributed by atoms with Crippen LogP contribution in [-0.4, -0.2) is 66.1 Å². The highest BCUT2D eigenvalue weighted by Gasteiger charge is 2.66. The maximum atomic E-state index is 14.8. The van der Waals surface area contributed by atoms with Gasteiger partial charge in [0.15, 0.2) is 13.9 Å². The Hall–Kier alpha value is -3.54. The van der Waals surface area contributed by atoms with Gasteiger partial charge in [0, 0.05) is 47.2 Å². The summed E-state index contributed by atoms with van der Waals surface area (Å²) in [5.74, 6) is -0.739. The molecule has 5 atom stereocenters. The molecule has 2 N–H and O–H groups in total. The number of halogens is 1. The van der Waals surface area contributed by atoms with Gasteiger partial charge in [0.25, 0.3) is 5.91 Å². The second-order valence-corrected chi connectivity index (χ2v) is 19.0. The molecule has 11 heteroatoms. The molecule has 2 fully saturated rings. The van der Waals surface area contributed by atoms with Gasteiger partial charge in [0.1, 0.15) is 0 Å². The predicted octanol–water partition coefficient (Wildman–Crippen LogP) is 5.54. The third-order valence-corrected chi connectivity index (χ3v) is 13.9. The zero-order valence-corrected chi connectivity index (χ0v) is 30.0. The van der Waals surface area contributed by atoms with E-state index in [1.54, 1.807) is 21.9 Å². The summed E-state index contributed by atoms with van der Waals surface area (Å²) < 4.78 is 6.90. The van der Waals surface area contributed by atoms with Crippen molar-refractivity contribution in [3.8, 4) is 0 Å². The van der Waals surface area contributed by atoms with Crippen LogP contribution in [0.2, 0.25) is 23.7 Å². The summed E-state index contributed by atoms with van der Waals surface area (Å²) in [7, 11) is -3.01. The molecule has 0 aliphatic carbocycles. The summed E-state index contributed by atoms with van der Waals surface area (Å²) in [5, 5.41) is 10.7. The highest BCUT2D eigenvalue weighted by molar-refractivity contribution is 6.71. The molecule has 7 rings (SSSR count). The van der Waals surface area contributed by atoms with Crippen molar-refractivity contribution in [3.05, 3.63) is 94.0 Å². The van der Waals surface area contributed by atoms with Crippen LogP contribution in [0.25, 0.3) is 0 Å². The molecule has 2 saturated heterocycles. The predicted molar refractivity (Wildman–Crippen MR) is 191 cm³/mol. The fourth-order valence-electron chi connectivity index (χ4n) is 8.78. The van der Waals surface area contributed by atoms with Gasteiger partial charge in [0.2, 0.25) is 11.8 Å². The van der Waals surface area contributed by atoms with Crippen LogP contribution in [0.5, 0.6) is 0 Å². The van der Waals surface area contributed by atoms with E-state index in [4.69, 9.17) is 16.3 Å². The molecule has 3 aromatic carbocycles. The number of amides is 3. The number of rotatable bonds is 7. The standard InChI is InChI=1S/C38H44ClN3O6Si/c1-24-36(49(2,3)47)33(20-35(45)41-22-27-9-5-4-8-26(27)18-30(41)23-43)48-38(24)31-19-28(39)13-16-32(31)42(37(38)46)21-25-11-14-29(15-12-25)40-17-7-6-10-34(40)44/h4-5,8-9,11-16,19,24,30,33,36,43,47H,6-7,10,17-18,20-23H2,1-3H3/t24-,30-,33+,36-,38+/m0/s1. The minimum atomic E-state index is -3.01. The van der Waals surface area contributed by atoms with E-state index < -0.39 is 31.5 Å². The van der Waals surface area contributed by atoms with Crippen LogP contribution in [0, 0.1) is 5.92 Å². The summed E-state index contributed by atoms with van der Waals surface area (Å²) in [6.45, 7) is 6.83. The van der Waals surface area contributed by atoms with E-state index in [0.717, 1.165) is 35.2 Å². The van der Waals surface area contributed by atoms with E-state index >= 15 is 0 Å². The van der Waals surface area contributed by atoms with Crippen molar-refractivity contribution in [2.24, 2.45) is 5.92 Å². The van der Waals surface area contributed by atoms with Gasteiger partial charge >= 0.3 is 0 Å². The highest BCUT2D eigenvalue weighted by atomic mass is 35.5. The summed E-state index contributed by atoms with van der Waals surface area (Å²) in [6.07, 6.45) is 2.26. The van der Waals surface area contributed by atoms with Gasteiger partial charge in [-0.1, -0.05) is 54.9 Å². The average Bonchev–Trinajstić information content (AvgIpc) is 3.50. The number of piperidine rings is 1. The lowest BCUT2D eigenvalue weighted by atomic mass is 9.82. The Morgan fingerprint density at radius 1 is 1.04 bits per heavy atom. The fourth-order valence-corrected chi connectivity index (χ4v) is 11.5. The molecule has 49 heavy (non-hydrogen) atoms. The van der Waals surface area contributed by atoms with Crippen molar-refractivity contribution >= 4 is 49.0 Å². The van der Waals surface area contributed by atoms with Crippen LogP contribution in [0.3, 0.4) is 0 Å². The van der Waals surface area contributed by atoms with Crippen LogP contribution in [0.15, 0.2) is 66.7 Å². The number of nitrogens with zero attached hydrogens (tertiary/aromatic N) is 3. The van der Waals surface area contributed by atoms with Crippen LogP contribution in [0.4, 0.5) is 11.4 Å². The molecule has 0 unspecified atom stereocenters. The molecule has 0 saturated carbocycles. The summed E-state index contributed by atoms with van der Waals surface area (Å²) in [6, 6.07) is 20.7. The molecule has 3 amide bonds. The van der Waals surface area contributed by atoms with Gasteiger partial charge in [-0.2, -0.15) is 0 Å². The molecule has 4 aliphatic heterocycles. The lowest BCUT2D eigenvalue weighted by Gasteiger charge is -2.37. The molecule has 4 heterocycles. The number of ether oxygens (including phenoxy) is 1. The van der Waals surface area contributed by atoms with E-state index in [9.17, 15) is 24.3 Å². The molecule has 3 aromatic rings. The Balaban J connectivity index is 1.19. The Morgan fingerprint density at radius 2 is 1.78 bits per heavy atom. The minimum Gasteiger partial charge on any atom is -0.432 e. The number of carbonyl (C=O) groups excluding carboxylic acids is 3. The van der Waals surface area contributed by atoms with Gasteiger partial charge in [-0.05, 0) is 79.4 Å². The molecule has 0 bridgehead atoms. The molecule has 4 aliphatic rings. The van der Waals surface area contributed by atoms with Crippen molar-refractivity contribution in [2.45, 2.75) is 88.5 Å². The number of hydrogen-bond donors (Lipinski definition) is 2. The second kappa shape index (κ2) is 13.0. The number of aliphatic hydroxyl groups is 1. The average molecular weight is 702 g/mol. The molecule has 258 valence electrons. The lowest BCUT2D eigenvalue weighted by molar-refractivity contribution is -0.151. The van der Waals surface area contributed by atoms with E-state index in [0.29, 0.717) is 42.2 Å². The van der Waals surface area contributed by atoms with Gasteiger partial charge in [0.05, 0.1) is 37.4 Å². The van der Waals surface area contributed by atoms with Gasteiger partial charge in [-0.3, -0.25) is 14.4 Å². The van der Waals surface area contributed by atoms with E-state index in [2.05, 4.69) is 0 Å². The minimum absolute atomic E-state index is 0.0216. The third-order valence-electron chi connectivity index (χ3n) is 11.1. The number of benzene rings is 3. The largest absolute Gasteiger partial charge is 0.432 e. The molecule has 0 radical (unpaired) electrons. The van der Waals surface area contributed by atoms with Crippen LogP contribution < -0.4 is 9.80 Å². The van der Waals surface area contributed by atoms with E-state index in [-0.39, 0.29) is 43.3 Å². The number of fused-ring (bicyclic) bond motifs is 3. The van der Waals surface area contributed by atoms with Gasteiger partial charge in [-0.25, -0.2) is 0 Å². The monoisotopic (exact) mass is 701 g/mol. The van der Waals surface area contributed by atoms with Gasteiger partial charge in [-0.15, -0.1) is 0 Å². The first-order valence-electron chi connectivity index (χ1n) is 17.3. The second-order valence-electron chi connectivity index (χ2n) is 14.6. The third kappa shape index (κ3) is 5.91. The SMILES string of the molecule is C[C@H]1[C@H]([Si](C)(C)O)[C@@H](CC(=O)N2Cc3ccccc3C[C@H]2CO)O[C@]12C(=O)N(Cc1ccc(N3CCCCC3=O)cc1)c1ccc(Cl)cc12. The van der Waals surface area contributed by atoms with Gasteiger partial charge < -0.3 is 29.3 Å². The molecule has 9 nitrogen and oxygen atoms in total. The number of anilines is 2. The summed E-state index contributed by atoms with van der Waals surface area (Å²) in [5.41, 5.74) is 3.38. The van der Waals surface area contributed by atoms with Crippen LogP contribution in [0.1, 0.15) is 54.9 Å². The Labute approximate surface area is 293 Å². The number of carbonyl (C=O) groups is 3. The topological polar surface area (TPSA) is 111 Å². The number of hydrogen-bond acceptors (Lipinski definition) is 6. The molecule has 1 spiro atoms. The van der Waals surface area contributed by atoms with Crippen molar-refractivity contribution in [1.29, 1.82) is 0 Å². The maximum Gasteiger partial charge on any atom is 0.264 e. The zero-order valence-electron chi connectivity index (χ0n) is 28.3. The molecule has 0 aromatic heterocycles. The summed E-state index contributed by atoms with van der Waals surface area (Å²) in [4.78, 5) is 58.4. The first-order chi connectivity index (χ1) is 23.4. The van der Waals surface area contributed by atoms with E-state index in [1.165, 1.54) is 0 Å². The maximum absolute atomic E-state index is 14.8. The quantitative estimate of drug-likeness (QED) is 0.313. The normalized spacial score (nSPS) is 26.8. The van der Waals surface area contributed by atoms with Crippen LogP contribution in [-0.2, 0) is 44.2 Å². The first-order valence-corrected chi connectivity index (χ1v) is 20.7. The molecular formula is C38H44ClN3O6Si. The van der Waals surface area contributed by atoms with Crippen LogP contribution >= 0.6 is 11.6 Å². The fraction of sp³-hybridized carbons (Fsp3) is 0.447. The first kappa shape index (κ1) is 33.9. The Kier molecular flexibility index (Phi) is 8.98. The Bertz CT molecular complexity index is 1780. The Morgan fingerprint density at radius 3 is 2.47 bits per heavy atom. The van der Waals surface area contributed by atoms with Crippen molar-refractivity contribution in [2.75, 3.05) is 23.0 Å².